The van der Waals surface area contributed by atoms with Gasteiger partial charge >= 0.3 is 0 Å². The largest absolute Gasteiger partial charge is 0.411 e. The highest BCUT2D eigenvalue weighted by molar-refractivity contribution is 7.99. The quantitative estimate of drug-likeness (QED) is 0.702. The fourth-order valence-electron chi connectivity index (χ4n) is 2.67. The number of carbonyl (C=O) groups excluding carboxylic acids is 1. The zero-order chi connectivity index (χ0) is 18.7. The first kappa shape index (κ1) is 18.9. The van der Waals surface area contributed by atoms with Gasteiger partial charge < -0.3 is 9.32 Å². The number of carbonyl (C=O) groups is 1. The van der Waals surface area contributed by atoms with Crippen molar-refractivity contribution in [3.8, 4) is 11.5 Å². The van der Waals surface area contributed by atoms with E-state index in [1.165, 1.54) is 22.3 Å². The van der Waals surface area contributed by atoms with Gasteiger partial charge in [0.05, 0.1) is 12.0 Å². The number of nitrogens with zero attached hydrogens (tertiary/aromatic N) is 4. The Morgan fingerprint density at radius 3 is 2.54 bits per heavy atom. The number of thioether (sulfide) groups is 1. The molecule has 0 atom stereocenters. The molecule has 8 nitrogen and oxygen atoms in total. The minimum absolute atomic E-state index is 0.0706. The predicted octanol–water partition coefficient (Wildman–Crippen LogP) is 1.24. The summed E-state index contributed by atoms with van der Waals surface area (Å²) in [4.78, 5) is 14.0. The predicted molar refractivity (Wildman–Crippen MR) is 98.2 cm³/mol. The van der Waals surface area contributed by atoms with Crippen LogP contribution in [0.2, 0.25) is 0 Å². The maximum atomic E-state index is 12.3. The van der Waals surface area contributed by atoms with Crippen LogP contribution in [0.25, 0.3) is 11.5 Å². The molecule has 0 bridgehead atoms. The molecule has 1 aliphatic rings. The highest BCUT2D eigenvalue weighted by Gasteiger charge is 2.26. The lowest BCUT2D eigenvalue weighted by Crippen LogP contribution is -2.50. The summed E-state index contributed by atoms with van der Waals surface area (Å²) >= 11 is 1.19. The molecule has 1 fully saturated rings. The third-order valence-electron chi connectivity index (χ3n) is 4.16. The van der Waals surface area contributed by atoms with E-state index in [4.69, 9.17) is 4.42 Å². The number of rotatable bonds is 5. The number of hydrogen-bond donors (Lipinski definition) is 0. The number of aromatic nitrogens is 2. The summed E-state index contributed by atoms with van der Waals surface area (Å²) < 4.78 is 30.0. The lowest BCUT2D eigenvalue weighted by molar-refractivity contribution is -0.129. The van der Waals surface area contributed by atoms with E-state index in [1.807, 2.05) is 31.2 Å². The molecular weight excluding hydrogens is 376 g/mol. The van der Waals surface area contributed by atoms with E-state index >= 15 is 0 Å². The van der Waals surface area contributed by atoms with Crippen molar-refractivity contribution in [2.45, 2.75) is 12.1 Å². The van der Waals surface area contributed by atoms with Gasteiger partial charge in [0.15, 0.2) is 0 Å². The van der Waals surface area contributed by atoms with Gasteiger partial charge in [-0.2, -0.15) is 4.31 Å². The van der Waals surface area contributed by atoms with Crippen LogP contribution in [-0.4, -0.2) is 71.9 Å². The third-order valence-corrected chi connectivity index (χ3v) is 6.27. The summed E-state index contributed by atoms with van der Waals surface area (Å²) in [6, 6.07) is 7.71. The van der Waals surface area contributed by atoms with E-state index in [9.17, 15) is 13.2 Å². The van der Waals surface area contributed by atoms with Crippen molar-refractivity contribution in [1.82, 2.24) is 19.4 Å². The van der Waals surface area contributed by atoms with Crippen LogP contribution in [0.5, 0.6) is 0 Å². The molecule has 1 aromatic heterocycles. The number of aryl methyl sites for hydroxylation is 1. The van der Waals surface area contributed by atoms with E-state index < -0.39 is 10.0 Å². The van der Waals surface area contributed by atoms with Gasteiger partial charge in [0.2, 0.25) is 21.8 Å². The molecular formula is C16H20N4O4S2. The third kappa shape index (κ3) is 4.43. The molecule has 3 rings (SSSR count). The summed E-state index contributed by atoms with van der Waals surface area (Å²) in [5.41, 5.74) is 1.91. The zero-order valence-corrected chi connectivity index (χ0v) is 16.2. The molecule has 140 valence electrons. The maximum Gasteiger partial charge on any atom is 0.277 e. The van der Waals surface area contributed by atoms with Crippen LogP contribution in [-0.2, 0) is 14.8 Å². The van der Waals surface area contributed by atoms with Crippen molar-refractivity contribution < 1.29 is 17.6 Å². The number of amides is 1. The van der Waals surface area contributed by atoms with Crippen molar-refractivity contribution in [2.75, 3.05) is 38.2 Å². The Bertz CT molecular complexity index is 889. The molecule has 1 aliphatic heterocycles. The van der Waals surface area contributed by atoms with Crippen LogP contribution in [0.3, 0.4) is 0 Å². The van der Waals surface area contributed by atoms with Gasteiger partial charge in [0.25, 0.3) is 5.22 Å². The van der Waals surface area contributed by atoms with Gasteiger partial charge in [-0.1, -0.05) is 30.0 Å². The van der Waals surface area contributed by atoms with E-state index in [1.54, 1.807) is 4.90 Å². The second kappa shape index (κ2) is 7.77. The SMILES string of the molecule is Cc1ccccc1-c1nnc(SCC(=O)N2CCN(S(C)(=O)=O)CC2)o1. The van der Waals surface area contributed by atoms with Crippen LogP contribution in [0.15, 0.2) is 33.9 Å². The second-order valence-electron chi connectivity index (χ2n) is 6.02. The van der Waals surface area contributed by atoms with E-state index in [-0.39, 0.29) is 11.7 Å². The summed E-state index contributed by atoms with van der Waals surface area (Å²) in [6.07, 6.45) is 1.18. The van der Waals surface area contributed by atoms with Crippen molar-refractivity contribution in [1.29, 1.82) is 0 Å². The first-order chi connectivity index (χ1) is 12.3. The van der Waals surface area contributed by atoms with Crippen molar-refractivity contribution in [3.63, 3.8) is 0 Å². The number of sulfonamides is 1. The van der Waals surface area contributed by atoms with Crippen LogP contribution < -0.4 is 0 Å². The Morgan fingerprint density at radius 1 is 1.19 bits per heavy atom. The lowest BCUT2D eigenvalue weighted by Gasteiger charge is -2.33. The Balaban J connectivity index is 1.54. The summed E-state index contributed by atoms with van der Waals surface area (Å²) in [5.74, 6) is 0.535. The Morgan fingerprint density at radius 2 is 1.88 bits per heavy atom. The van der Waals surface area contributed by atoms with Gasteiger partial charge in [-0.3, -0.25) is 4.79 Å². The minimum atomic E-state index is -3.20. The summed E-state index contributed by atoms with van der Waals surface area (Å²) in [6.45, 7) is 3.40. The number of hydrogen-bond acceptors (Lipinski definition) is 7. The fourth-order valence-corrected chi connectivity index (χ4v) is 4.17. The van der Waals surface area contributed by atoms with Crippen LogP contribution in [0.1, 0.15) is 5.56 Å². The Hall–Kier alpha value is -1.91. The minimum Gasteiger partial charge on any atom is -0.411 e. The van der Waals surface area contributed by atoms with Crippen molar-refractivity contribution in [3.05, 3.63) is 29.8 Å². The van der Waals surface area contributed by atoms with Crippen molar-refractivity contribution in [2.24, 2.45) is 0 Å². The van der Waals surface area contributed by atoms with Gasteiger partial charge in [-0.25, -0.2) is 8.42 Å². The highest BCUT2D eigenvalue weighted by Crippen LogP contribution is 2.25. The number of piperazine rings is 1. The molecule has 2 heterocycles. The molecule has 0 spiro atoms. The molecule has 1 aromatic carbocycles. The van der Waals surface area contributed by atoms with Crippen LogP contribution in [0, 0.1) is 6.92 Å². The van der Waals surface area contributed by atoms with E-state index in [0.717, 1.165) is 11.1 Å². The summed E-state index contributed by atoms with van der Waals surface area (Å²) in [5, 5.41) is 8.36. The molecule has 0 unspecified atom stereocenters. The molecule has 0 radical (unpaired) electrons. The van der Waals surface area contributed by atoms with Crippen LogP contribution in [0.4, 0.5) is 0 Å². The van der Waals surface area contributed by atoms with Gasteiger partial charge in [-0.15, -0.1) is 10.2 Å². The smallest absolute Gasteiger partial charge is 0.277 e. The molecule has 1 amide bonds. The average molecular weight is 396 g/mol. The first-order valence-corrected chi connectivity index (χ1v) is 10.9. The van der Waals surface area contributed by atoms with Crippen molar-refractivity contribution >= 4 is 27.7 Å². The van der Waals surface area contributed by atoms with Crippen LogP contribution >= 0.6 is 11.8 Å². The normalized spacial score (nSPS) is 16.0. The topological polar surface area (TPSA) is 96.6 Å². The van der Waals surface area contributed by atoms with Gasteiger partial charge in [0, 0.05) is 31.7 Å². The Kier molecular flexibility index (Phi) is 5.64. The molecule has 1 saturated heterocycles. The fraction of sp³-hybridized carbons (Fsp3) is 0.438. The highest BCUT2D eigenvalue weighted by atomic mass is 32.2. The molecule has 26 heavy (non-hydrogen) atoms. The first-order valence-electron chi connectivity index (χ1n) is 8.10. The van der Waals surface area contributed by atoms with E-state index in [2.05, 4.69) is 10.2 Å². The molecule has 10 heteroatoms. The maximum absolute atomic E-state index is 12.3. The van der Waals surface area contributed by atoms with Gasteiger partial charge in [0.1, 0.15) is 0 Å². The monoisotopic (exact) mass is 396 g/mol. The van der Waals surface area contributed by atoms with Gasteiger partial charge in [-0.05, 0) is 18.6 Å². The number of benzene rings is 1. The molecule has 0 N–H and O–H groups in total. The second-order valence-corrected chi connectivity index (χ2v) is 8.93. The molecule has 0 saturated carbocycles. The average Bonchev–Trinajstić information content (AvgIpc) is 3.08. The van der Waals surface area contributed by atoms with E-state index in [0.29, 0.717) is 37.3 Å². The Labute approximate surface area is 156 Å². The molecule has 0 aliphatic carbocycles. The lowest BCUT2D eigenvalue weighted by atomic mass is 10.1. The summed E-state index contributed by atoms with van der Waals surface area (Å²) in [7, 11) is -3.20. The standard InChI is InChI=1S/C16H20N4O4S2/c1-12-5-3-4-6-13(12)15-17-18-16(24-15)25-11-14(21)19-7-9-20(10-8-19)26(2,22)23/h3-6H,7-11H2,1-2H3. The zero-order valence-electron chi connectivity index (χ0n) is 14.6. The molecule has 2 aromatic rings.